The lowest BCUT2D eigenvalue weighted by molar-refractivity contribution is -0.193. The Hall–Kier alpha value is -4.68. The van der Waals surface area contributed by atoms with Gasteiger partial charge >= 0.3 is 35.4 Å². The Balaban J connectivity index is 0.000000331. The third-order valence-electron chi connectivity index (χ3n) is 7.00. The molecule has 244 valence electrons. The van der Waals surface area contributed by atoms with E-state index < -0.39 is 35.4 Å². The molecule has 2 aliphatic heterocycles. The van der Waals surface area contributed by atoms with E-state index in [4.69, 9.17) is 19.8 Å². The molecule has 1 spiro atoms. The second kappa shape index (κ2) is 14.0. The summed E-state index contributed by atoms with van der Waals surface area (Å²) < 4.78 is 66.3. The maximum atomic E-state index is 12.8. The quantitative estimate of drug-likeness (QED) is 0.314. The highest BCUT2D eigenvalue weighted by Gasteiger charge is 2.44. The molecule has 0 aromatic carbocycles. The molecule has 1 fully saturated rings. The highest BCUT2D eigenvalue weighted by atomic mass is 19.4. The number of aromatic nitrogens is 6. The van der Waals surface area contributed by atoms with Crippen LogP contribution in [0.4, 0.5) is 26.3 Å². The summed E-state index contributed by atoms with van der Waals surface area (Å²) in [6.45, 7) is 5.28. The van der Waals surface area contributed by atoms with Crippen LogP contribution in [-0.4, -0.2) is 81.8 Å². The minimum atomic E-state index is -5.08. The van der Waals surface area contributed by atoms with E-state index in [0.717, 1.165) is 50.4 Å². The zero-order valence-electron chi connectivity index (χ0n) is 23.5. The Morgan fingerprint density at radius 1 is 0.867 bits per heavy atom. The summed E-state index contributed by atoms with van der Waals surface area (Å²) in [6.07, 6.45) is -0.506. The van der Waals surface area contributed by atoms with E-state index in [0.29, 0.717) is 12.2 Å². The molecular weight excluding hydrogens is 620 g/mol. The van der Waals surface area contributed by atoms with Crippen molar-refractivity contribution in [2.24, 2.45) is 0 Å². The number of carboxylic acid groups (broad SMARTS) is 2. The van der Waals surface area contributed by atoms with E-state index in [1.54, 1.807) is 23.2 Å². The average Bonchev–Trinajstić information content (AvgIpc) is 3.31. The number of likely N-dealkylation sites (tertiary alicyclic amines) is 1. The Morgan fingerprint density at radius 3 is 1.93 bits per heavy atom. The number of carboxylic acids is 2. The highest BCUT2D eigenvalue weighted by molar-refractivity contribution is 5.73. The highest BCUT2D eigenvalue weighted by Crippen LogP contribution is 2.41. The van der Waals surface area contributed by atoms with Gasteiger partial charge in [0.15, 0.2) is 0 Å². The number of aryl methyl sites for hydroxylation is 1. The minimum Gasteiger partial charge on any atom is -0.475 e. The molecule has 2 N–H and O–H groups in total. The van der Waals surface area contributed by atoms with Gasteiger partial charge in [0.1, 0.15) is 5.82 Å². The van der Waals surface area contributed by atoms with Gasteiger partial charge in [-0.05, 0) is 50.9 Å². The van der Waals surface area contributed by atoms with Crippen molar-refractivity contribution in [1.29, 1.82) is 0 Å². The molecule has 1 saturated heterocycles. The minimum absolute atomic E-state index is 0.151. The molecule has 13 nitrogen and oxygen atoms in total. The standard InChI is InChI=1S/C22H25N7O2.2C2HF3O2/c1-16-11-25-18(13-24-16)15-29-20(31)19(30)28-10-6-22(21(28)26-29)4-8-27(9-5-22)14-17-3-2-7-23-12-17;2*3-2(4,5)1(6)7/h2-3,7,11-13H,4-6,8-10,14-15H2,1H3;2*(H,6,7). The molecule has 0 atom stereocenters. The van der Waals surface area contributed by atoms with Crippen molar-refractivity contribution in [3.8, 4) is 0 Å². The van der Waals surface area contributed by atoms with Gasteiger partial charge in [-0.3, -0.25) is 34.0 Å². The molecule has 19 heteroatoms. The van der Waals surface area contributed by atoms with Crippen LogP contribution >= 0.6 is 0 Å². The zero-order chi connectivity index (χ0) is 33.6. The van der Waals surface area contributed by atoms with E-state index in [1.165, 1.54) is 10.2 Å². The number of halogens is 6. The molecular formula is C26H27F6N7O6. The number of fused-ring (bicyclic) bond motifs is 2. The van der Waals surface area contributed by atoms with Crippen LogP contribution in [0.15, 0.2) is 46.5 Å². The molecule has 45 heavy (non-hydrogen) atoms. The third kappa shape index (κ3) is 9.16. The largest absolute Gasteiger partial charge is 0.490 e. The number of pyridine rings is 1. The fraction of sp³-hybridized carbons (Fsp3) is 0.462. The lowest BCUT2D eigenvalue weighted by atomic mass is 9.76. The monoisotopic (exact) mass is 647 g/mol. The van der Waals surface area contributed by atoms with Crippen molar-refractivity contribution in [2.75, 3.05) is 13.1 Å². The number of hydrogen-bond acceptors (Lipinski definition) is 9. The number of hydrogen-bond donors (Lipinski definition) is 2. The van der Waals surface area contributed by atoms with Crippen LogP contribution in [0.2, 0.25) is 0 Å². The molecule has 0 amide bonds. The summed E-state index contributed by atoms with van der Waals surface area (Å²) in [5, 5.41) is 18.9. The maximum absolute atomic E-state index is 12.8. The first kappa shape index (κ1) is 34.8. The van der Waals surface area contributed by atoms with Gasteiger partial charge in [-0.25, -0.2) is 14.3 Å². The van der Waals surface area contributed by atoms with E-state index in [2.05, 4.69) is 31.0 Å². The predicted molar refractivity (Wildman–Crippen MR) is 141 cm³/mol. The van der Waals surface area contributed by atoms with Crippen molar-refractivity contribution in [1.82, 2.24) is 34.2 Å². The molecule has 0 bridgehead atoms. The topological polar surface area (TPSA) is 173 Å². The number of piperidine rings is 1. The van der Waals surface area contributed by atoms with Crippen LogP contribution in [-0.2, 0) is 34.6 Å². The van der Waals surface area contributed by atoms with Crippen molar-refractivity contribution < 1.29 is 46.1 Å². The first-order valence-corrected chi connectivity index (χ1v) is 13.1. The van der Waals surface area contributed by atoms with Gasteiger partial charge in [-0.1, -0.05) is 6.07 Å². The number of nitrogens with zero attached hydrogens (tertiary/aromatic N) is 7. The van der Waals surface area contributed by atoms with Gasteiger partial charge in [-0.15, -0.1) is 0 Å². The molecule has 3 aromatic heterocycles. The fourth-order valence-corrected chi connectivity index (χ4v) is 4.70. The van der Waals surface area contributed by atoms with Crippen molar-refractivity contribution in [2.45, 2.75) is 63.6 Å². The van der Waals surface area contributed by atoms with Gasteiger partial charge in [-0.2, -0.15) is 31.4 Å². The zero-order valence-corrected chi connectivity index (χ0v) is 23.5. The summed E-state index contributed by atoms with van der Waals surface area (Å²) in [7, 11) is 0. The second-order valence-electron chi connectivity index (χ2n) is 10.2. The molecule has 0 unspecified atom stereocenters. The normalized spacial score (nSPS) is 15.7. The smallest absolute Gasteiger partial charge is 0.475 e. The second-order valence-corrected chi connectivity index (χ2v) is 10.2. The summed E-state index contributed by atoms with van der Waals surface area (Å²) in [4.78, 5) is 58.4. The fourth-order valence-electron chi connectivity index (χ4n) is 4.70. The van der Waals surface area contributed by atoms with E-state index in [9.17, 15) is 35.9 Å². The lowest BCUT2D eigenvalue weighted by Crippen LogP contribution is -2.47. The number of carbonyl (C=O) groups is 2. The Morgan fingerprint density at radius 2 is 1.44 bits per heavy atom. The van der Waals surface area contributed by atoms with Gasteiger partial charge in [0.05, 0.1) is 24.1 Å². The maximum Gasteiger partial charge on any atom is 0.490 e. The van der Waals surface area contributed by atoms with E-state index in [1.807, 2.05) is 19.2 Å². The van der Waals surface area contributed by atoms with Crippen LogP contribution in [0.1, 0.15) is 42.0 Å². The van der Waals surface area contributed by atoms with Crippen LogP contribution in [0.25, 0.3) is 0 Å². The summed E-state index contributed by atoms with van der Waals surface area (Å²) in [5.41, 5.74) is 1.38. The Kier molecular flexibility index (Phi) is 10.8. The first-order valence-electron chi connectivity index (χ1n) is 13.1. The van der Waals surface area contributed by atoms with E-state index in [-0.39, 0.29) is 12.0 Å². The summed E-state index contributed by atoms with van der Waals surface area (Å²) in [6, 6.07) is 4.05. The molecule has 2 aliphatic rings. The average molecular weight is 648 g/mol. The van der Waals surface area contributed by atoms with Crippen molar-refractivity contribution in [3.63, 3.8) is 0 Å². The SMILES string of the molecule is Cc1cnc(Cn2nc3n(c(=O)c2=O)CCC32CCN(Cc3cccnc3)CC2)cn1.O=C(O)C(F)(F)F.O=C(O)C(F)(F)F. The van der Waals surface area contributed by atoms with Gasteiger partial charge in [0.25, 0.3) is 0 Å². The van der Waals surface area contributed by atoms with Crippen LogP contribution in [0.5, 0.6) is 0 Å². The van der Waals surface area contributed by atoms with Gasteiger partial charge in [0.2, 0.25) is 0 Å². The molecule has 5 rings (SSSR count). The third-order valence-corrected chi connectivity index (χ3v) is 7.00. The molecule has 0 aliphatic carbocycles. The molecule has 3 aromatic rings. The Bertz CT molecular complexity index is 1580. The first-order chi connectivity index (χ1) is 20.9. The molecule has 0 saturated carbocycles. The van der Waals surface area contributed by atoms with Crippen LogP contribution in [0, 0.1) is 6.92 Å². The van der Waals surface area contributed by atoms with Crippen LogP contribution < -0.4 is 11.1 Å². The number of alkyl halides is 6. The molecule has 0 radical (unpaired) electrons. The van der Waals surface area contributed by atoms with E-state index >= 15 is 0 Å². The molecule has 5 heterocycles. The van der Waals surface area contributed by atoms with Crippen molar-refractivity contribution >= 4 is 11.9 Å². The summed E-state index contributed by atoms with van der Waals surface area (Å²) in [5.74, 6) is -4.77. The predicted octanol–water partition coefficient (Wildman–Crippen LogP) is 2.15. The van der Waals surface area contributed by atoms with Gasteiger partial charge in [0, 0.05) is 37.1 Å². The number of aliphatic carboxylic acids is 2. The Labute approximate surface area is 249 Å². The lowest BCUT2D eigenvalue weighted by Gasteiger charge is -2.38. The van der Waals surface area contributed by atoms with Crippen LogP contribution in [0.3, 0.4) is 0 Å². The van der Waals surface area contributed by atoms with Gasteiger partial charge < -0.3 is 10.2 Å². The van der Waals surface area contributed by atoms with Crippen molar-refractivity contribution in [3.05, 3.63) is 80.4 Å². The number of rotatable bonds is 4. The summed E-state index contributed by atoms with van der Waals surface area (Å²) >= 11 is 0.